The number of amides is 1. The summed E-state index contributed by atoms with van der Waals surface area (Å²) in [6, 6.07) is 24.5. The molecule has 0 atom stereocenters. The van der Waals surface area contributed by atoms with E-state index in [9.17, 15) is 13.2 Å². The molecule has 0 heterocycles. The van der Waals surface area contributed by atoms with Gasteiger partial charge in [0.05, 0.1) is 13.7 Å². The highest BCUT2D eigenvalue weighted by Gasteiger charge is 2.36. The molecule has 1 fully saturated rings. The van der Waals surface area contributed by atoms with Gasteiger partial charge in [0, 0.05) is 19.1 Å². The molecular formula is C30H36N2O4S. The molecule has 0 aliphatic heterocycles. The third-order valence-corrected chi connectivity index (χ3v) is 8.88. The number of ether oxygens (including phenoxy) is 1. The summed E-state index contributed by atoms with van der Waals surface area (Å²) in [4.78, 5) is 15.8. The molecule has 1 saturated carbocycles. The fourth-order valence-corrected chi connectivity index (χ4v) is 6.84. The first-order valence-electron chi connectivity index (χ1n) is 12.9. The summed E-state index contributed by atoms with van der Waals surface area (Å²) in [6.07, 6.45) is 4.48. The highest BCUT2D eigenvalue weighted by atomic mass is 32.2. The standard InChI is InChI=1S/C30H36N2O4S/c1-24-18-19-28(36-2)29(20-24)37(34,35)32(27-16-10-5-11-17-27)23-30(33)31(21-25-12-6-3-7-13-25)22-26-14-8-4-9-15-26/h3-4,6-9,12-15,18-20,27H,5,10-11,16-17,21-23H2,1-2H3. The molecule has 0 aromatic heterocycles. The largest absolute Gasteiger partial charge is 0.495 e. The quantitative estimate of drug-likeness (QED) is 0.351. The van der Waals surface area contributed by atoms with Crippen LogP contribution in [0.15, 0.2) is 83.8 Å². The number of carbonyl (C=O) groups is 1. The lowest BCUT2D eigenvalue weighted by molar-refractivity contribution is -0.133. The van der Waals surface area contributed by atoms with Crippen molar-refractivity contribution < 1.29 is 17.9 Å². The molecule has 0 N–H and O–H groups in total. The molecule has 6 nitrogen and oxygen atoms in total. The summed E-state index contributed by atoms with van der Waals surface area (Å²) in [7, 11) is -2.51. The Morgan fingerprint density at radius 3 is 1.97 bits per heavy atom. The van der Waals surface area contributed by atoms with Crippen LogP contribution in [-0.4, -0.2) is 43.2 Å². The predicted octanol–water partition coefficient (Wildman–Crippen LogP) is 5.56. The van der Waals surface area contributed by atoms with Crippen molar-refractivity contribution in [3.63, 3.8) is 0 Å². The molecule has 0 bridgehead atoms. The number of sulfonamides is 1. The van der Waals surface area contributed by atoms with Gasteiger partial charge in [-0.05, 0) is 48.6 Å². The van der Waals surface area contributed by atoms with Gasteiger partial charge < -0.3 is 9.64 Å². The van der Waals surface area contributed by atoms with Crippen molar-refractivity contribution in [1.82, 2.24) is 9.21 Å². The first-order chi connectivity index (χ1) is 17.9. The molecule has 0 unspecified atom stereocenters. The van der Waals surface area contributed by atoms with Crippen molar-refractivity contribution in [2.75, 3.05) is 13.7 Å². The summed E-state index contributed by atoms with van der Waals surface area (Å²) in [5, 5.41) is 0. The van der Waals surface area contributed by atoms with Gasteiger partial charge in [0.25, 0.3) is 0 Å². The fourth-order valence-electron chi connectivity index (χ4n) is 4.96. The van der Waals surface area contributed by atoms with Crippen LogP contribution in [0.1, 0.15) is 48.8 Å². The Morgan fingerprint density at radius 2 is 1.43 bits per heavy atom. The lowest BCUT2D eigenvalue weighted by atomic mass is 9.95. The van der Waals surface area contributed by atoms with E-state index < -0.39 is 10.0 Å². The lowest BCUT2D eigenvalue weighted by Gasteiger charge is -2.35. The number of aryl methyl sites for hydroxylation is 1. The number of carbonyl (C=O) groups excluding carboxylic acids is 1. The van der Waals surface area contributed by atoms with Gasteiger partial charge in [0.1, 0.15) is 10.6 Å². The zero-order chi connectivity index (χ0) is 26.3. The normalized spacial score (nSPS) is 14.5. The number of methoxy groups -OCH3 is 1. The van der Waals surface area contributed by atoms with Gasteiger partial charge in [0.2, 0.25) is 15.9 Å². The number of hydrogen-bond acceptors (Lipinski definition) is 4. The second-order valence-electron chi connectivity index (χ2n) is 9.72. The van der Waals surface area contributed by atoms with E-state index in [1.54, 1.807) is 17.0 Å². The van der Waals surface area contributed by atoms with Gasteiger partial charge >= 0.3 is 0 Å². The van der Waals surface area contributed by atoms with Gasteiger partial charge in [-0.15, -0.1) is 0 Å². The molecule has 1 amide bonds. The third-order valence-electron chi connectivity index (χ3n) is 6.96. The molecule has 0 spiro atoms. The smallest absolute Gasteiger partial charge is 0.247 e. The summed E-state index contributed by atoms with van der Waals surface area (Å²) in [6.45, 7) is 2.46. The van der Waals surface area contributed by atoms with Crippen molar-refractivity contribution in [1.29, 1.82) is 0 Å². The minimum atomic E-state index is -3.98. The van der Waals surface area contributed by atoms with Gasteiger partial charge in [-0.25, -0.2) is 8.42 Å². The Hall–Kier alpha value is -3.16. The van der Waals surface area contributed by atoms with Gasteiger partial charge in [0.15, 0.2) is 0 Å². The second kappa shape index (κ2) is 12.4. The van der Waals surface area contributed by atoms with Crippen LogP contribution in [0.25, 0.3) is 0 Å². The number of rotatable bonds is 10. The Kier molecular flexibility index (Phi) is 9.00. The molecule has 3 aromatic carbocycles. The van der Waals surface area contributed by atoms with E-state index >= 15 is 0 Å². The monoisotopic (exact) mass is 520 g/mol. The molecule has 4 rings (SSSR count). The highest BCUT2D eigenvalue weighted by molar-refractivity contribution is 7.89. The van der Waals surface area contributed by atoms with Crippen LogP contribution in [0.3, 0.4) is 0 Å². The summed E-state index contributed by atoms with van der Waals surface area (Å²) >= 11 is 0. The topological polar surface area (TPSA) is 66.9 Å². The van der Waals surface area contributed by atoms with Crippen LogP contribution in [0.4, 0.5) is 0 Å². The van der Waals surface area contributed by atoms with Crippen molar-refractivity contribution in [2.45, 2.75) is 63.1 Å². The molecule has 0 radical (unpaired) electrons. The van der Waals surface area contributed by atoms with Crippen LogP contribution in [0.5, 0.6) is 5.75 Å². The maximum absolute atomic E-state index is 14.1. The fraction of sp³-hybridized carbons (Fsp3) is 0.367. The molecular weight excluding hydrogens is 484 g/mol. The maximum Gasteiger partial charge on any atom is 0.247 e. The van der Waals surface area contributed by atoms with Crippen LogP contribution >= 0.6 is 0 Å². The van der Waals surface area contributed by atoms with E-state index in [0.29, 0.717) is 18.8 Å². The van der Waals surface area contributed by atoms with Crippen molar-refractivity contribution in [3.8, 4) is 5.75 Å². The first-order valence-corrected chi connectivity index (χ1v) is 14.3. The molecule has 1 aliphatic carbocycles. The molecule has 3 aromatic rings. The van der Waals surface area contributed by atoms with Crippen LogP contribution in [0, 0.1) is 6.92 Å². The SMILES string of the molecule is COc1ccc(C)cc1S(=O)(=O)N(CC(=O)N(Cc1ccccc1)Cc1ccccc1)C1CCCCC1. The van der Waals surface area contributed by atoms with E-state index in [2.05, 4.69) is 0 Å². The Bertz CT molecular complexity index is 1230. The minimum Gasteiger partial charge on any atom is -0.495 e. The number of benzene rings is 3. The third kappa shape index (κ3) is 6.79. The zero-order valence-corrected chi connectivity index (χ0v) is 22.5. The maximum atomic E-state index is 14.1. The van der Waals surface area contributed by atoms with Crippen LogP contribution in [0.2, 0.25) is 0 Å². The van der Waals surface area contributed by atoms with Crippen molar-refractivity contribution in [2.24, 2.45) is 0 Å². The van der Waals surface area contributed by atoms with Crippen molar-refractivity contribution >= 4 is 15.9 Å². The zero-order valence-electron chi connectivity index (χ0n) is 21.7. The van der Waals surface area contributed by atoms with Gasteiger partial charge in [-0.3, -0.25) is 4.79 Å². The number of nitrogens with zero attached hydrogens (tertiary/aromatic N) is 2. The predicted molar refractivity (Wildman–Crippen MR) is 146 cm³/mol. The minimum absolute atomic E-state index is 0.117. The van der Waals surface area contributed by atoms with E-state index in [-0.39, 0.29) is 23.4 Å². The summed E-state index contributed by atoms with van der Waals surface area (Å²) in [5.74, 6) is 0.0813. The van der Waals surface area contributed by atoms with E-state index in [4.69, 9.17) is 4.74 Å². The first kappa shape index (κ1) is 26.9. The van der Waals surface area contributed by atoms with Crippen LogP contribution in [-0.2, 0) is 27.9 Å². The molecule has 196 valence electrons. The van der Waals surface area contributed by atoms with Gasteiger partial charge in [-0.2, -0.15) is 4.31 Å². The lowest BCUT2D eigenvalue weighted by Crippen LogP contribution is -2.47. The van der Waals surface area contributed by atoms with Crippen molar-refractivity contribution in [3.05, 3.63) is 95.6 Å². The summed E-state index contributed by atoms with van der Waals surface area (Å²) in [5.41, 5.74) is 2.82. The Balaban J connectivity index is 1.68. The van der Waals surface area contributed by atoms with Gasteiger partial charge in [-0.1, -0.05) is 86.0 Å². The highest BCUT2D eigenvalue weighted by Crippen LogP contribution is 2.33. The van der Waals surface area contributed by atoms with E-state index in [1.165, 1.54) is 11.4 Å². The average Bonchev–Trinajstić information content (AvgIpc) is 2.92. The molecule has 0 saturated heterocycles. The molecule has 7 heteroatoms. The second-order valence-corrected chi connectivity index (χ2v) is 11.6. The average molecular weight is 521 g/mol. The van der Waals surface area contributed by atoms with E-state index in [0.717, 1.165) is 48.8 Å². The summed E-state index contributed by atoms with van der Waals surface area (Å²) < 4.78 is 35.1. The van der Waals surface area contributed by atoms with Crippen LogP contribution < -0.4 is 4.74 Å². The van der Waals surface area contributed by atoms with E-state index in [1.807, 2.05) is 73.7 Å². The number of hydrogen-bond donors (Lipinski definition) is 0. The Labute approximate surface area is 220 Å². The molecule has 1 aliphatic rings. The Morgan fingerprint density at radius 1 is 0.865 bits per heavy atom. The molecule has 37 heavy (non-hydrogen) atoms.